The third-order valence-electron chi connectivity index (χ3n) is 6.86. The predicted octanol–water partition coefficient (Wildman–Crippen LogP) is 3.90. The molecule has 2 amide bonds. The highest BCUT2D eigenvalue weighted by molar-refractivity contribution is 6.06. The minimum atomic E-state index is -1.13. The van der Waals surface area contributed by atoms with Crippen LogP contribution in [0.3, 0.4) is 0 Å². The molecule has 0 radical (unpaired) electrons. The van der Waals surface area contributed by atoms with Crippen LogP contribution < -0.4 is 19.9 Å². The SMILES string of the molecule is C#CCN(C(=O)c1ccco1)c1cnc(N(CC)CC)nc1N[C@@H](Cc1ccc(OC(=O)N2CCCC2)cc1)C(=O)O. The fourth-order valence-corrected chi connectivity index (χ4v) is 4.58. The molecule has 220 valence electrons. The van der Waals surface area contributed by atoms with Gasteiger partial charge in [0.15, 0.2) is 11.6 Å². The van der Waals surface area contributed by atoms with E-state index in [9.17, 15) is 19.5 Å². The number of furan rings is 1. The molecule has 0 bridgehead atoms. The van der Waals surface area contributed by atoms with Gasteiger partial charge in [0.1, 0.15) is 17.5 Å². The zero-order valence-corrected chi connectivity index (χ0v) is 23.7. The molecule has 0 saturated carbocycles. The number of likely N-dealkylation sites (tertiary alicyclic amines) is 1. The van der Waals surface area contributed by atoms with Gasteiger partial charge in [-0.05, 0) is 56.5 Å². The quantitative estimate of drug-likeness (QED) is 0.306. The number of aromatic nitrogens is 2. The lowest BCUT2D eigenvalue weighted by atomic mass is 10.1. The van der Waals surface area contributed by atoms with E-state index < -0.39 is 24.0 Å². The molecule has 2 N–H and O–H groups in total. The van der Waals surface area contributed by atoms with E-state index in [4.69, 9.17) is 15.6 Å². The van der Waals surface area contributed by atoms with Crippen LogP contribution in [0.4, 0.5) is 22.2 Å². The average Bonchev–Trinajstić information content (AvgIpc) is 3.73. The van der Waals surface area contributed by atoms with Crippen LogP contribution >= 0.6 is 0 Å². The predicted molar refractivity (Wildman–Crippen MR) is 157 cm³/mol. The molecule has 12 nitrogen and oxygen atoms in total. The number of ether oxygens (including phenoxy) is 1. The Labute approximate surface area is 244 Å². The van der Waals surface area contributed by atoms with Gasteiger partial charge >= 0.3 is 12.1 Å². The number of carbonyl (C=O) groups excluding carboxylic acids is 2. The van der Waals surface area contributed by atoms with Crippen LogP contribution in [-0.2, 0) is 11.2 Å². The first-order chi connectivity index (χ1) is 20.3. The highest BCUT2D eigenvalue weighted by Gasteiger charge is 2.27. The smallest absolute Gasteiger partial charge is 0.415 e. The second kappa shape index (κ2) is 14.0. The number of carbonyl (C=O) groups is 3. The van der Waals surface area contributed by atoms with Crippen molar-refractivity contribution < 1.29 is 28.6 Å². The van der Waals surface area contributed by atoms with Gasteiger partial charge in [0.25, 0.3) is 5.91 Å². The summed E-state index contributed by atoms with van der Waals surface area (Å²) in [4.78, 5) is 51.8. The monoisotopic (exact) mass is 574 g/mol. The number of rotatable bonds is 12. The first kappa shape index (κ1) is 29.9. The van der Waals surface area contributed by atoms with Gasteiger partial charge in [-0.3, -0.25) is 9.69 Å². The Kier molecular flexibility index (Phi) is 9.99. The van der Waals surface area contributed by atoms with Gasteiger partial charge in [-0.15, -0.1) is 6.42 Å². The van der Waals surface area contributed by atoms with Crippen molar-refractivity contribution in [2.75, 3.05) is 47.8 Å². The van der Waals surface area contributed by atoms with E-state index in [2.05, 4.69) is 21.2 Å². The van der Waals surface area contributed by atoms with Gasteiger partial charge in [-0.1, -0.05) is 18.1 Å². The van der Waals surface area contributed by atoms with Crippen molar-refractivity contribution in [1.29, 1.82) is 0 Å². The average molecular weight is 575 g/mol. The lowest BCUT2D eigenvalue weighted by Crippen LogP contribution is -2.36. The third kappa shape index (κ3) is 7.17. The van der Waals surface area contributed by atoms with Crippen LogP contribution in [0.1, 0.15) is 42.8 Å². The van der Waals surface area contributed by atoms with E-state index in [1.165, 1.54) is 23.4 Å². The highest BCUT2D eigenvalue weighted by Crippen LogP contribution is 2.28. The van der Waals surface area contributed by atoms with E-state index in [0.717, 1.165) is 12.8 Å². The second-order valence-electron chi connectivity index (χ2n) is 9.59. The summed E-state index contributed by atoms with van der Waals surface area (Å²) in [6.45, 7) is 6.36. The van der Waals surface area contributed by atoms with Gasteiger partial charge in [-0.2, -0.15) is 4.98 Å². The Morgan fingerprint density at radius 2 is 1.88 bits per heavy atom. The minimum absolute atomic E-state index is 0.0596. The van der Waals surface area contributed by atoms with Crippen molar-refractivity contribution in [1.82, 2.24) is 14.9 Å². The topological polar surface area (TPSA) is 141 Å². The van der Waals surface area contributed by atoms with Gasteiger partial charge in [0.2, 0.25) is 5.95 Å². The van der Waals surface area contributed by atoms with E-state index >= 15 is 0 Å². The largest absolute Gasteiger partial charge is 0.480 e. The van der Waals surface area contributed by atoms with Crippen LogP contribution in [0, 0.1) is 12.3 Å². The van der Waals surface area contributed by atoms with Gasteiger partial charge in [0.05, 0.1) is 19.0 Å². The lowest BCUT2D eigenvalue weighted by Gasteiger charge is -2.26. The number of nitrogens with zero attached hydrogens (tertiary/aromatic N) is 5. The summed E-state index contributed by atoms with van der Waals surface area (Å²) in [6.07, 6.45) is 10.00. The van der Waals surface area contributed by atoms with Gasteiger partial charge in [0, 0.05) is 32.6 Å². The lowest BCUT2D eigenvalue weighted by molar-refractivity contribution is -0.137. The molecule has 1 saturated heterocycles. The summed E-state index contributed by atoms with van der Waals surface area (Å²) in [5.41, 5.74) is 0.892. The number of hydrogen-bond donors (Lipinski definition) is 2. The Morgan fingerprint density at radius 1 is 1.17 bits per heavy atom. The molecule has 1 aromatic carbocycles. The molecular formula is C30H34N6O6. The maximum absolute atomic E-state index is 13.3. The first-order valence-corrected chi connectivity index (χ1v) is 13.8. The number of carboxylic acid groups (broad SMARTS) is 1. The summed E-state index contributed by atoms with van der Waals surface area (Å²) in [5.74, 6) is 1.74. The Bertz CT molecular complexity index is 1410. The maximum atomic E-state index is 13.3. The molecule has 1 aliphatic heterocycles. The molecule has 12 heteroatoms. The maximum Gasteiger partial charge on any atom is 0.415 e. The Hall–Kier alpha value is -5.05. The van der Waals surface area contributed by atoms with Crippen molar-refractivity contribution in [3.05, 3.63) is 60.2 Å². The van der Waals surface area contributed by atoms with Gasteiger partial charge in [-0.25, -0.2) is 14.6 Å². The highest BCUT2D eigenvalue weighted by atomic mass is 16.6. The van der Waals surface area contributed by atoms with Crippen LogP contribution in [0.5, 0.6) is 5.75 Å². The number of nitrogens with one attached hydrogen (secondary N) is 1. The van der Waals surface area contributed by atoms with Crippen LogP contribution in [-0.4, -0.2) is 76.7 Å². The third-order valence-corrected chi connectivity index (χ3v) is 6.86. The molecule has 42 heavy (non-hydrogen) atoms. The van der Waals surface area contributed by atoms with E-state index in [1.54, 1.807) is 35.2 Å². The van der Waals surface area contributed by atoms with E-state index in [1.807, 2.05) is 18.7 Å². The minimum Gasteiger partial charge on any atom is -0.480 e. The Morgan fingerprint density at radius 3 is 2.48 bits per heavy atom. The molecule has 0 aliphatic carbocycles. The molecule has 2 aromatic heterocycles. The molecule has 1 aliphatic rings. The summed E-state index contributed by atoms with van der Waals surface area (Å²) in [5, 5.41) is 13.1. The number of aliphatic carboxylic acids is 1. The zero-order chi connectivity index (χ0) is 30.1. The molecule has 3 aromatic rings. The number of amides is 2. The van der Waals surface area contributed by atoms with Crippen molar-refractivity contribution >= 4 is 35.4 Å². The molecule has 4 rings (SSSR count). The number of terminal acetylenes is 1. The van der Waals surface area contributed by atoms with Crippen molar-refractivity contribution in [3.8, 4) is 18.1 Å². The van der Waals surface area contributed by atoms with Crippen LogP contribution in [0.15, 0.2) is 53.3 Å². The molecular weight excluding hydrogens is 540 g/mol. The second-order valence-corrected chi connectivity index (χ2v) is 9.59. The normalized spacial score (nSPS) is 13.2. The van der Waals surface area contributed by atoms with E-state index in [-0.39, 0.29) is 30.2 Å². The fraction of sp³-hybridized carbons (Fsp3) is 0.367. The zero-order valence-electron chi connectivity index (χ0n) is 23.7. The number of carboxylic acids is 1. The number of anilines is 3. The number of benzene rings is 1. The Balaban J connectivity index is 1.60. The standard InChI is InChI=1S/C30H34N6O6/c1-4-15-36(27(37)25-10-9-18-41-25)24-20-31-29(34(5-2)6-3)33-26(24)32-23(28(38)39)19-21-11-13-22(14-12-21)42-30(40)35-16-7-8-17-35/h1,9-14,18,20,23H,5-8,15-17,19H2,2-3H3,(H,38,39)(H,31,32,33)/t23-/m0/s1. The number of hydrogen-bond acceptors (Lipinski definition) is 9. The molecule has 3 heterocycles. The van der Waals surface area contributed by atoms with Crippen molar-refractivity contribution in [2.24, 2.45) is 0 Å². The fourth-order valence-electron chi connectivity index (χ4n) is 4.58. The molecule has 0 unspecified atom stereocenters. The first-order valence-electron chi connectivity index (χ1n) is 13.8. The molecule has 1 atom stereocenters. The van der Waals surface area contributed by atoms with E-state index in [0.29, 0.717) is 43.4 Å². The molecule has 1 fully saturated rings. The van der Waals surface area contributed by atoms with Gasteiger partial charge < -0.3 is 29.4 Å². The summed E-state index contributed by atoms with van der Waals surface area (Å²) >= 11 is 0. The summed E-state index contributed by atoms with van der Waals surface area (Å²) in [6, 6.07) is 8.64. The van der Waals surface area contributed by atoms with Crippen molar-refractivity contribution in [3.63, 3.8) is 0 Å². The van der Waals surface area contributed by atoms with Crippen LogP contribution in [0.25, 0.3) is 0 Å². The summed E-state index contributed by atoms with van der Waals surface area (Å²) in [7, 11) is 0. The molecule has 0 spiro atoms. The van der Waals surface area contributed by atoms with Crippen LogP contribution in [0.2, 0.25) is 0 Å². The van der Waals surface area contributed by atoms with Crippen molar-refractivity contribution in [2.45, 2.75) is 39.2 Å². The summed E-state index contributed by atoms with van der Waals surface area (Å²) < 4.78 is 10.7.